The topological polar surface area (TPSA) is 74.5 Å². The number of hydrogen-bond acceptors (Lipinski definition) is 8. The Morgan fingerprint density at radius 3 is 2.64 bits per heavy atom. The first-order valence-electron chi connectivity index (χ1n) is 15.1. The highest BCUT2D eigenvalue weighted by molar-refractivity contribution is 9.10. The van der Waals surface area contributed by atoms with Gasteiger partial charge in [-0.15, -0.1) is 0 Å². The van der Waals surface area contributed by atoms with Crippen LogP contribution < -0.4 is 9.47 Å². The van der Waals surface area contributed by atoms with Crippen LogP contribution in [0.25, 0.3) is 21.6 Å². The summed E-state index contributed by atoms with van der Waals surface area (Å²) in [6, 6.07) is 16.9. The van der Waals surface area contributed by atoms with Gasteiger partial charge in [0.25, 0.3) is 5.79 Å². The standard InChI is InChI=1S/C33H30BrClFN5O3S/c1-33(24-7-6-21(35)16-25(24)36)43-28-4-2-3-23(30(28)44-33)19-9-12-40(13-10-19)18-29-37-26-15-20(31-38-32(34)39-45-31)5-8-27(26)41(29)17-22-11-14-42-22/h2-8,15-16,19,22H,9-14,17-18H2,1H3. The lowest BCUT2D eigenvalue weighted by Crippen LogP contribution is -2.35. The van der Waals surface area contributed by atoms with Crippen LogP contribution in [0.15, 0.2) is 59.3 Å². The van der Waals surface area contributed by atoms with Crippen molar-refractivity contribution >= 4 is 50.1 Å². The van der Waals surface area contributed by atoms with E-state index in [0.29, 0.717) is 32.7 Å². The molecule has 5 aromatic rings. The van der Waals surface area contributed by atoms with Gasteiger partial charge in [-0.1, -0.05) is 23.7 Å². The normalized spacial score (nSPS) is 21.8. The minimum absolute atomic E-state index is 0.222. The van der Waals surface area contributed by atoms with Gasteiger partial charge < -0.3 is 18.8 Å². The molecule has 232 valence electrons. The van der Waals surface area contributed by atoms with Crippen molar-refractivity contribution in [3.05, 3.63) is 87.1 Å². The van der Waals surface area contributed by atoms with Gasteiger partial charge in [0.05, 0.1) is 35.8 Å². The van der Waals surface area contributed by atoms with Crippen LogP contribution in [0.2, 0.25) is 5.02 Å². The lowest BCUT2D eigenvalue weighted by molar-refractivity contribution is -0.0712. The van der Waals surface area contributed by atoms with E-state index >= 15 is 0 Å². The van der Waals surface area contributed by atoms with E-state index in [1.54, 1.807) is 19.1 Å². The number of ether oxygens (including phenoxy) is 3. The van der Waals surface area contributed by atoms with Crippen molar-refractivity contribution in [3.63, 3.8) is 0 Å². The average Bonchev–Trinajstić information content (AvgIpc) is 3.69. The van der Waals surface area contributed by atoms with E-state index < -0.39 is 11.6 Å². The molecule has 0 bridgehead atoms. The predicted molar refractivity (Wildman–Crippen MR) is 174 cm³/mol. The maximum absolute atomic E-state index is 14.9. The summed E-state index contributed by atoms with van der Waals surface area (Å²) in [5.74, 6) is 0.976. The molecule has 2 unspecified atom stereocenters. The maximum atomic E-state index is 14.9. The lowest BCUT2D eigenvalue weighted by Gasteiger charge is -2.33. The molecule has 2 aromatic heterocycles. The summed E-state index contributed by atoms with van der Waals surface area (Å²) in [6.45, 7) is 5.97. The Labute approximate surface area is 277 Å². The number of imidazole rings is 1. The first kappa shape index (κ1) is 29.3. The number of rotatable bonds is 7. The zero-order chi connectivity index (χ0) is 30.7. The summed E-state index contributed by atoms with van der Waals surface area (Å²) in [5, 5.41) is 1.20. The van der Waals surface area contributed by atoms with Crippen molar-refractivity contribution in [2.75, 3.05) is 19.7 Å². The van der Waals surface area contributed by atoms with Crippen molar-refractivity contribution in [2.24, 2.45) is 0 Å². The molecule has 0 spiro atoms. The van der Waals surface area contributed by atoms with E-state index in [0.717, 1.165) is 85.0 Å². The Morgan fingerprint density at radius 2 is 1.91 bits per heavy atom. The summed E-state index contributed by atoms with van der Waals surface area (Å²) < 4.78 is 40.5. The highest BCUT2D eigenvalue weighted by Gasteiger charge is 2.43. The molecule has 0 aliphatic carbocycles. The number of nitrogens with zero attached hydrogens (tertiary/aromatic N) is 5. The third-order valence-corrected chi connectivity index (χ3v) is 10.7. The number of likely N-dealkylation sites (tertiary alicyclic amines) is 1. The number of para-hydroxylation sites is 1. The number of hydrogen-bond donors (Lipinski definition) is 0. The van der Waals surface area contributed by atoms with Crippen LogP contribution in [0.3, 0.4) is 0 Å². The number of halogens is 3. The molecule has 2 saturated heterocycles. The van der Waals surface area contributed by atoms with Crippen LogP contribution in [0, 0.1) is 5.82 Å². The SMILES string of the molecule is CC1(c2ccc(Cl)cc2F)Oc2cccc(C3CCN(Cc4nc5cc(-c6nc(Br)ns6)ccc5n4CC4CCO4)CC3)c2O1. The second-order valence-electron chi connectivity index (χ2n) is 12.0. The molecule has 12 heteroatoms. The van der Waals surface area contributed by atoms with Gasteiger partial charge in [0.2, 0.25) is 4.73 Å². The molecule has 0 N–H and O–H groups in total. The lowest BCUT2D eigenvalue weighted by atomic mass is 9.88. The maximum Gasteiger partial charge on any atom is 0.278 e. The molecular weight excluding hydrogens is 681 g/mol. The highest BCUT2D eigenvalue weighted by atomic mass is 79.9. The molecule has 2 atom stereocenters. The number of fused-ring (bicyclic) bond motifs is 2. The largest absolute Gasteiger partial charge is 0.444 e. The van der Waals surface area contributed by atoms with Crippen molar-refractivity contribution in [2.45, 2.75) is 57.1 Å². The van der Waals surface area contributed by atoms with Crippen molar-refractivity contribution in [1.29, 1.82) is 0 Å². The summed E-state index contributed by atoms with van der Waals surface area (Å²) in [6.07, 6.45) is 3.22. The molecule has 2 fully saturated rings. The predicted octanol–water partition coefficient (Wildman–Crippen LogP) is 7.92. The minimum Gasteiger partial charge on any atom is -0.444 e. The van der Waals surface area contributed by atoms with Gasteiger partial charge in [-0.25, -0.2) is 14.4 Å². The van der Waals surface area contributed by atoms with Crippen LogP contribution in [0.4, 0.5) is 4.39 Å². The van der Waals surface area contributed by atoms with Crippen LogP contribution >= 0.6 is 39.1 Å². The van der Waals surface area contributed by atoms with Gasteiger partial charge >= 0.3 is 0 Å². The van der Waals surface area contributed by atoms with E-state index in [2.05, 4.69) is 59.0 Å². The molecule has 8 rings (SSSR count). The molecule has 45 heavy (non-hydrogen) atoms. The minimum atomic E-state index is -1.26. The monoisotopic (exact) mass is 709 g/mol. The molecule has 0 radical (unpaired) electrons. The molecule has 5 heterocycles. The van der Waals surface area contributed by atoms with Crippen LogP contribution in [-0.4, -0.2) is 49.6 Å². The Hall–Kier alpha value is -3.09. The van der Waals surface area contributed by atoms with Crippen LogP contribution in [0.5, 0.6) is 11.5 Å². The van der Waals surface area contributed by atoms with E-state index in [1.165, 1.54) is 17.6 Å². The van der Waals surface area contributed by atoms with E-state index in [-0.39, 0.29) is 6.10 Å². The van der Waals surface area contributed by atoms with Gasteiger partial charge in [-0.2, -0.15) is 4.37 Å². The highest BCUT2D eigenvalue weighted by Crippen LogP contribution is 2.50. The van der Waals surface area contributed by atoms with E-state index in [9.17, 15) is 4.39 Å². The summed E-state index contributed by atoms with van der Waals surface area (Å²) >= 11 is 10.7. The number of piperidine rings is 1. The van der Waals surface area contributed by atoms with Crippen molar-refractivity contribution in [3.8, 4) is 22.1 Å². The Bertz CT molecular complexity index is 1910. The van der Waals surface area contributed by atoms with Gasteiger partial charge in [-0.3, -0.25) is 4.90 Å². The van der Waals surface area contributed by atoms with Crippen LogP contribution in [0.1, 0.15) is 49.1 Å². The summed E-state index contributed by atoms with van der Waals surface area (Å²) in [5.41, 5.74) is 4.51. The Kier molecular flexibility index (Phi) is 7.57. The fraction of sp³-hybridized carbons (Fsp3) is 0.364. The van der Waals surface area contributed by atoms with Gasteiger partial charge in [0, 0.05) is 29.7 Å². The molecule has 3 aromatic carbocycles. The molecule has 0 saturated carbocycles. The number of benzene rings is 3. The smallest absolute Gasteiger partial charge is 0.278 e. The molecule has 3 aliphatic rings. The van der Waals surface area contributed by atoms with Gasteiger partial charge in [-0.05, 0) is 108 Å². The van der Waals surface area contributed by atoms with E-state index in [4.69, 9.17) is 30.8 Å². The fourth-order valence-electron chi connectivity index (χ4n) is 6.63. The summed E-state index contributed by atoms with van der Waals surface area (Å²) in [7, 11) is 0. The summed E-state index contributed by atoms with van der Waals surface area (Å²) in [4.78, 5) is 12.1. The zero-order valence-corrected chi connectivity index (χ0v) is 27.7. The first-order valence-corrected chi connectivity index (χ1v) is 17.1. The molecular formula is C33H30BrClFN5O3S. The van der Waals surface area contributed by atoms with Crippen molar-refractivity contribution in [1.82, 2.24) is 23.8 Å². The number of aromatic nitrogens is 4. The second kappa shape index (κ2) is 11.6. The zero-order valence-electron chi connectivity index (χ0n) is 24.5. The third-order valence-electron chi connectivity index (χ3n) is 9.08. The quantitative estimate of drug-likeness (QED) is 0.170. The molecule has 8 nitrogen and oxygen atoms in total. The third kappa shape index (κ3) is 5.52. The first-order chi connectivity index (χ1) is 21.8. The van der Waals surface area contributed by atoms with Gasteiger partial charge in [0.15, 0.2) is 11.5 Å². The Balaban J connectivity index is 1.000. The fourth-order valence-corrected chi connectivity index (χ4v) is 7.86. The average molecular weight is 711 g/mol. The van der Waals surface area contributed by atoms with E-state index in [1.807, 2.05) is 12.1 Å². The second-order valence-corrected chi connectivity index (χ2v) is 13.9. The molecule has 3 aliphatic heterocycles. The van der Waals surface area contributed by atoms with Crippen molar-refractivity contribution < 1.29 is 18.6 Å². The molecule has 0 amide bonds. The Morgan fingerprint density at radius 1 is 1.07 bits per heavy atom. The van der Waals surface area contributed by atoms with Gasteiger partial charge in [0.1, 0.15) is 16.6 Å². The van der Waals surface area contributed by atoms with Crippen LogP contribution in [-0.2, 0) is 23.6 Å².